The lowest BCUT2D eigenvalue weighted by Crippen LogP contribution is -2.51. The van der Waals surface area contributed by atoms with Crippen LogP contribution in [0.15, 0.2) is 0 Å². The molecular formula is C13H22N2O4. The lowest BCUT2D eigenvalue weighted by Gasteiger charge is -2.38. The number of urea groups is 1. The molecule has 6 nitrogen and oxygen atoms in total. The first-order valence-electron chi connectivity index (χ1n) is 6.82. The van der Waals surface area contributed by atoms with E-state index in [0.717, 1.165) is 0 Å². The van der Waals surface area contributed by atoms with Gasteiger partial charge >= 0.3 is 12.0 Å². The maximum Gasteiger partial charge on any atom is 0.320 e. The molecule has 2 unspecified atom stereocenters. The average Bonchev–Trinajstić information content (AvgIpc) is 2.70. The number of nitrogens with zero attached hydrogens (tertiary/aromatic N) is 2. The third kappa shape index (κ3) is 2.83. The van der Waals surface area contributed by atoms with Gasteiger partial charge in [0.2, 0.25) is 0 Å². The first kappa shape index (κ1) is 14.1. The number of amides is 2. The van der Waals surface area contributed by atoms with E-state index in [2.05, 4.69) is 0 Å². The second-order valence-corrected chi connectivity index (χ2v) is 5.93. The molecule has 6 heteroatoms. The average molecular weight is 270 g/mol. The Kier molecular flexibility index (Phi) is 3.71. The maximum atomic E-state index is 12.4. The number of aliphatic hydroxyl groups is 1. The number of carboxylic acids is 1. The molecule has 2 aliphatic rings. The van der Waals surface area contributed by atoms with Gasteiger partial charge in [-0.05, 0) is 33.1 Å². The van der Waals surface area contributed by atoms with Crippen LogP contribution in [0.25, 0.3) is 0 Å². The van der Waals surface area contributed by atoms with Gasteiger partial charge in [-0.25, -0.2) is 4.79 Å². The zero-order valence-corrected chi connectivity index (χ0v) is 11.5. The number of aliphatic carboxylic acids is 1. The summed E-state index contributed by atoms with van der Waals surface area (Å²) in [6.45, 7) is 5.15. The van der Waals surface area contributed by atoms with Gasteiger partial charge in [0.25, 0.3) is 0 Å². The Morgan fingerprint density at radius 3 is 2.26 bits per heavy atom. The van der Waals surface area contributed by atoms with Crippen LogP contribution >= 0.6 is 0 Å². The van der Waals surface area contributed by atoms with Crippen LogP contribution in [-0.2, 0) is 4.79 Å². The maximum absolute atomic E-state index is 12.4. The van der Waals surface area contributed by atoms with E-state index in [4.69, 9.17) is 5.11 Å². The number of piperidine rings is 1. The molecule has 0 aliphatic carbocycles. The van der Waals surface area contributed by atoms with E-state index < -0.39 is 17.5 Å². The summed E-state index contributed by atoms with van der Waals surface area (Å²) in [5, 5.41) is 19.0. The Hall–Kier alpha value is -1.30. The van der Waals surface area contributed by atoms with Crippen LogP contribution in [0.1, 0.15) is 33.1 Å². The molecule has 2 fully saturated rings. The van der Waals surface area contributed by atoms with Gasteiger partial charge in [0.15, 0.2) is 0 Å². The quantitative estimate of drug-likeness (QED) is 0.736. The van der Waals surface area contributed by atoms with Gasteiger partial charge in [-0.3, -0.25) is 4.79 Å². The molecule has 2 amide bonds. The zero-order chi connectivity index (χ0) is 14.2. The van der Waals surface area contributed by atoms with Crippen molar-refractivity contribution in [2.75, 3.05) is 19.6 Å². The molecule has 0 radical (unpaired) electrons. The third-order valence-electron chi connectivity index (χ3n) is 4.43. The fraction of sp³-hybridized carbons (Fsp3) is 0.846. The van der Waals surface area contributed by atoms with Crippen LogP contribution in [0.3, 0.4) is 0 Å². The van der Waals surface area contributed by atoms with Crippen molar-refractivity contribution in [1.82, 2.24) is 9.80 Å². The monoisotopic (exact) mass is 270 g/mol. The van der Waals surface area contributed by atoms with Crippen molar-refractivity contribution >= 4 is 12.0 Å². The molecule has 0 saturated carbocycles. The number of carbonyl (C=O) groups excluding carboxylic acids is 1. The van der Waals surface area contributed by atoms with Crippen LogP contribution < -0.4 is 0 Å². The summed E-state index contributed by atoms with van der Waals surface area (Å²) < 4.78 is 0. The Morgan fingerprint density at radius 1 is 1.21 bits per heavy atom. The molecular weight excluding hydrogens is 248 g/mol. The molecule has 2 saturated heterocycles. The highest BCUT2D eigenvalue weighted by molar-refractivity contribution is 5.78. The molecule has 2 rings (SSSR count). The van der Waals surface area contributed by atoms with Crippen molar-refractivity contribution in [1.29, 1.82) is 0 Å². The topological polar surface area (TPSA) is 81.1 Å². The minimum Gasteiger partial charge on any atom is -0.481 e. The SMILES string of the molecule is CC1C(C(=O)O)CCN1C(=O)N1CCC(C)(O)CC1. The van der Waals surface area contributed by atoms with E-state index in [1.807, 2.05) is 0 Å². The van der Waals surface area contributed by atoms with Gasteiger partial charge in [-0.2, -0.15) is 0 Å². The number of likely N-dealkylation sites (tertiary alicyclic amines) is 2. The summed E-state index contributed by atoms with van der Waals surface area (Å²) in [5.41, 5.74) is -0.684. The second kappa shape index (κ2) is 5.00. The third-order valence-corrected chi connectivity index (χ3v) is 4.43. The van der Waals surface area contributed by atoms with Crippen molar-refractivity contribution in [3.63, 3.8) is 0 Å². The number of hydrogen-bond acceptors (Lipinski definition) is 3. The molecule has 2 N–H and O–H groups in total. The highest BCUT2D eigenvalue weighted by atomic mass is 16.4. The Balaban J connectivity index is 1.96. The molecule has 2 heterocycles. The fourth-order valence-corrected chi connectivity index (χ4v) is 2.90. The van der Waals surface area contributed by atoms with Gasteiger partial charge < -0.3 is 20.0 Å². The van der Waals surface area contributed by atoms with Crippen LogP contribution in [0.5, 0.6) is 0 Å². The van der Waals surface area contributed by atoms with E-state index in [1.165, 1.54) is 0 Å². The summed E-state index contributed by atoms with van der Waals surface area (Å²) in [6, 6.07) is -0.348. The van der Waals surface area contributed by atoms with Crippen molar-refractivity contribution < 1.29 is 19.8 Å². The van der Waals surface area contributed by atoms with E-state index in [-0.39, 0.29) is 12.1 Å². The van der Waals surface area contributed by atoms with Gasteiger partial charge in [-0.15, -0.1) is 0 Å². The summed E-state index contributed by atoms with van der Waals surface area (Å²) in [4.78, 5) is 26.8. The normalized spacial score (nSPS) is 30.5. The Morgan fingerprint density at radius 2 is 1.79 bits per heavy atom. The predicted molar refractivity (Wildman–Crippen MR) is 68.7 cm³/mol. The van der Waals surface area contributed by atoms with E-state index >= 15 is 0 Å². The van der Waals surface area contributed by atoms with Crippen molar-refractivity contribution in [2.24, 2.45) is 5.92 Å². The smallest absolute Gasteiger partial charge is 0.320 e. The van der Waals surface area contributed by atoms with E-state index in [1.54, 1.807) is 23.6 Å². The molecule has 0 aromatic carbocycles. The molecule has 2 atom stereocenters. The zero-order valence-electron chi connectivity index (χ0n) is 11.5. The van der Waals surface area contributed by atoms with Gasteiger partial charge in [0, 0.05) is 25.7 Å². The number of carboxylic acid groups (broad SMARTS) is 1. The summed E-state index contributed by atoms with van der Waals surface area (Å²) in [7, 11) is 0. The molecule has 0 aromatic rings. The van der Waals surface area contributed by atoms with Gasteiger partial charge in [0.1, 0.15) is 0 Å². The fourth-order valence-electron chi connectivity index (χ4n) is 2.90. The molecule has 19 heavy (non-hydrogen) atoms. The molecule has 0 bridgehead atoms. The summed E-state index contributed by atoms with van der Waals surface area (Å²) >= 11 is 0. The summed E-state index contributed by atoms with van der Waals surface area (Å²) in [6.07, 6.45) is 1.67. The van der Waals surface area contributed by atoms with E-state index in [9.17, 15) is 14.7 Å². The van der Waals surface area contributed by atoms with Crippen molar-refractivity contribution in [3.05, 3.63) is 0 Å². The minimum atomic E-state index is -0.829. The van der Waals surface area contributed by atoms with Crippen LogP contribution in [0.4, 0.5) is 4.79 Å². The lowest BCUT2D eigenvalue weighted by atomic mass is 9.94. The predicted octanol–water partition coefficient (Wildman–Crippen LogP) is 0.748. The molecule has 2 aliphatic heterocycles. The van der Waals surface area contributed by atoms with Crippen molar-refractivity contribution in [3.8, 4) is 0 Å². The van der Waals surface area contributed by atoms with Gasteiger partial charge in [0.05, 0.1) is 11.5 Å². The molecule has 0 spiro atoms. The standard InChI is InChI=1S/C13H22N2O4/c1-9-10(11(16)17)3-6-15(9)12(18)14-7-4-13(2,19)5-8-14/h9-10,19H,3-8H2,1-2H3,(H,16,17). The van der Waals surface area contributed by atoms with Crippen LogP contribution in [0.2, 0.25) is 0 Å². The van der Waals surface area contributed by atoms with Gasteiger partial charge in [-0.1, -0.05) is 0 Å². The first-order valence-corrected chi connectivity index (χ1v) is 6.82. The van der Waals surface area contributed by atoms with Crippen LogP contribution in [-0.4, -0.2) is 63.3 Å². The molecule has 108 valence electrons. The highest BCUT2D eigenvalue weighted by Crippen LogP contribution is 2.28. The number of rotatable bonds is 1. The highest BCUT2D eigenvalue weighted by Gasteiger charge is 2.40. The van der Waals surface area contributed by atoms with Crippen LogP contribution in [0, 0.1) is 5.92 Å². The number of hydrogen-bond donors (Lipinski definition) is 2. The summed E-state index contributed by atoms with van der Waals surface area (Å²) in [5.74, 6) is -1.29. The minimum absolute atomic E-state index is 0.0910. The largest absolute Gasteiger partial charge is 0.481 e. The lowest BCUT2D eigenvalue weighted by molar-refractivity contribution is -0.142. The first-order chi connectivity index (χ1) is 8.82. The van der Waals surface area contributed by atoms with Crippen molar-refractivity contribution in [2.45, 2.75) is 44.8 Å². The Labute approximate surface area is 113 Å². The second-order valence-electron chi connectivity index (χ2n) is 5.93. The van der Waals surface area contributed by atoms with E-state index in [0.29, 0.717) is 38.9 Å². The number of carbonyl (C=O) groups is 2. The Bertz CT molecular complexity index is 373. The molecule has 0 aromatic heterocycles.